The first-order chi connectivity index (χ1) is 24.5. The van der Waals surface area contributed by atoms with Gasteiger partial charge in [-0.15, -0.1) is 0 Å². The SMILES string of the molecule is CN1CCC(Cn2c([C@@H](Cc3ccc4c(c3)CCCC4)NC(=O)N3CCC(N4CCc5ccccc5NC4=O)CC3)nc3ccccc32)CC1. The topological polar surface area (TPSA) is 85.7 Å². The van der Waals surface area contributed by atoms with Gasteiger partial charge in [0.2, 0.25) is 0 Å². The Morgan fingerprint density at radius 1 is 0.860 bits per heavy atom. The molecular weight excluding hydrogens is 622 g/mol. The molecule has 3 aromatic carbocycles. The first-order valence-electron chi connectivity index (χ1n) is 18.9. The van der Waals surface area contributed by atoms with Crippen LogP contribution in [0.2, 0.25) is 0 Å². The van der Waals surface area contributed by atoms with Gasteiger partial charge in [-0.3, -0.25) is 0 Å². The van der Waals surface area contributed by atoms with Crippen LogP contribution in [0, 0.1) is 5.92 Å². The summed E-state index contributed by atoms with van der Waals surface area (Å²) in [4.78, 5) is 39.0. The van der Waals surface area contributed by atoms with Crippen LogP contribution >= 0.6 is 0 Å². The zero-order chi connectivity index (χ0) is 34.0. The van der Waals surface area contributed by atoms with Crippen LogP contribution in [0.25, 0.3) is 11.0 Å². The highest BCUT2D eigenvalue weighted by Crippen LogP contribution is 2.30. The number of anilines is 1. The van der Waals surface area contributed by atoms with E-state index >= 15 is 0 Å². The highest BCUT2D eigenvalue weighted by Gasteiger charge is 2.33. The van der Waals surface area contributed by atoms with Crippen LogP contribution in [0.4, 0.5) is 15.3 Å². The number of hydrogen-bond acceptors (Lipinski definition) is 4. The predicted molar refractivity (Wildman–Crippen MR) is 198 cm³/mol. The van der Waals surface area contributed by atoms with E-state index in [0.717, 1.165) is 74.3 Å². The van der Waals surface area contributed by atoms with Gasteiger partial charge in [0.1, 0.15) is 5.82 Å². The summed E-state index contributed by atoms with van der Waals surface area (Å²) in [7, 11) is 2.21. The molecule has 1 atom stereocenters. The van der Waals surface area contributed by atoms with E-state index in [1.54, 1.807) is 0 Å². The van der Waals surface area contributed by atoms with E-state index in [-0.39, 0.29) is 24.1 Å². The van der Waals surface area contributed by atoms with E-state index in [0.29, 0.717) is 32.0 Å². The summed E-state index contributed by atoms with van der Waals surface area (Å²) >= 11 is 0. The number of urea groups is 2. The van der Waals surface area contributed by atoms with Gasteiger partial charge in [0.25, 0.3) is 0 Å². The second-order valence-electron chi connectivity index (χ2n) is 15.1. The second kappa shape index (κ2) is 14.5. The van der Waals surface area contributed by atoms with Crippen molar-refractivity contribution in [2.75, 3.05) is 45.1 Å². The lowest BCUT2D eigenvalue weighted by Gasteiger charge is -2.38. The minimum Gasteiger partial charge on any atom is -0.328 e. The molecule has 4 amide bonds. The summed E-state index contributed by atoms with van der Waals surface area (Å²) in [6.45, 7) is 5.06. The Morgan fingerprint density at radius 2 is 1.62 bits per heavy atom. The summed E-state index contributed by atoms with van der Waals surface area (Å²) < 4.78 is 2.41. The Balaban J connectivity index is 1.02. The van der Waals surface area contributed by atoms with Crippen molar-refractivity contribution >= 4 is 28.8 Å². The quantitative estimate of drug-likeness (QED) is 0.226. The van der Waals surface area contributed by atoms with Gasteiger partial charge in [0, 0.05) is 37.9 Å². The lowest BCUT2D eigenvalue weighted by molar-refractivity contribution is 0.133. The third kappa shape index (κ3) is 6.97. The molecule has 9 nitrogen and oxygen atoms in total. The Kier molecular flexibility index (Phi) is 9.49. The fraction of sp³-hybridized carbons (Fsp3) is 0.488. The number of nitrogens with zero attached hydrogens (tertiary/aromatic N) is 5. The molecule has 0 saturated carbocycles. The molecule has 0 radical (unpaired) electrons. The molecule has 4 heterocycles. The number of nitrogens with one attached hydrogen (secondary N) is 2. The average Bonchev–Trinajstić information content (AvgIpc) is 3.41. The van der Waals surface area contributed by atoms with Gasteiger partial charge in [0.15, 0.2) is 0 Å². The number of likely N-dealkylation sites (tertiary alicyclic amines) is 2. The van der Waals surface area contributed by atoms with Gasteiger partial charge in [-0.25, -0.2) is 14.6 Å². The lowest BCUT2D eigenvalue weighted by Crippen LogP contribution is -2.52. The van der Waals surface area contributed by atoms with E-state index in [1.165, 1.54) is 47.9 Å². The Bertz CT molecular complexity index is 1840. The Labute approximate surface area is 296 Å². The maximum absolute atomic E-state index is 14.2. The molecule has 0 bridgehead atoms. The van der Waals surface area contributed by atoms with Crippen molar-refractivity contribution in [3.8, 4) is 0 Å². The largest absolute Gasteiger partial charge is 0.328 e. The van der Waals surface area contributed by atoms with Crippen molar-refractivity contribution in [2.45, 2.75) is 82.8 Å². The molecule has 2 saturated heterocycles. The van der Waals surface area contributed by atoms with Crippen LogP contribution in [0.15, 0.2) is 66.7 Å². The van der Waals surface area contributed by atoms with Crippen LogP contribution in [0.5, 0.6) is 0 Å². The number of fused-ring (bicyclic) bond motifs is 3. The Morgan fingerprint density at radius 3 is 2.46 bits per heavy atom. The van der Waals surface area contributed by atoms with Crippen LogP contribution in [0.3, 0.4) is 0 Å². The molecule has 262 valence electrons. The molecule has 4 aromatic rings. The highest BCUT2D eigenvalue weighted by molar-refractivity contribution is 5.91. The molecule has 4 aliphatic rings. The molecule has 8 rings (SSSR count). The first-order valence-corrected chi connectivity index (χ1v) is 18.9. The monoisotopic (exact) mass is 673 g/mol. The number of imidazole rings is 1. The van der Waals surface area contributed by atoms with Crippen molar-refractivity contribution < 1.29 is 9.59 Å². The van der Waals surface area contributed by atoms with Crippen LogP contribution in [-0.2, 0) is 32.2 Å². The average molecular weight is 674 g/mol. The first kappa shape index (κ1) is 32.8. The number of piperidine rings is 2. The number of amides is 4. The number of rotatable bonds is 7. The van der Waals surface area contributed by atoms with Crippen molar-refractivity contribution in [3.05, 3.63) is 94.8 Å². The van der Waals surface area contributed by atoms with Crippen molar-refractivity contribution in [1.82, 2.24) is 29.6 Å². The van der Waals surface area contributed by atoms with Gasteiger partial charge in [-0.2, -0.15) is 0 Å². The number of para-hydroxylation sites is 3. The van der Waals surface area contributed by atoms with E-state index in [1.807, 2.05) is 28.0 Å². The third-order valence-electron chi connectivity index (χ3n) is 11.8. The van der Waals surface area contributed by atoms with Crippen LogP contribution in [-0.4, -0.2) is 82.1 Å². The van der Waals surface area contributed by atoms with E-state index in [9.17, 15) is 9.59 Å². The van der Waals surface area contributed by atoms with Crippen LogP contribution in [0.1, 0.15) is 72.6 Å². The van der Waals surface area contributed by atoms with Crippen molar-refractivity contribution in [3.63, 3.8) is 0 Å². The number of hydrogen-bond donors (Lipinski definition) is 2. The number of carbonyl (C=O) groups is 2. The van der Waals surface area contributed by atoms with Gasteiger partial charge < -0.3 is 29.9 Å². The molecule has 1 aromatic heterocycles. The number of carbonyl (C=O) groups excluding carboxylic acids is 2. The summed E-state index contributed by atoms with van der Waals surface area (Å²) in [6, 6.07) is 23.2. The molecule has 3 aliphatic heterocycles. The maximum atomic E-state index is 14.2. The molecular formula is C41H51N7O2. The zero-order valence-corrected chi connectivity index (χ0v) is 29.4. The second-order valence-corrected chi connectivity index (χ2v) is 15.1. The summed E-state index contributed by atoms with van der Waals surface area (Å²) in [5.41, 5.74) is 8.39. The summed E-state index contributed by atoms with van der Waals surface area (Å²) in [5, 5.41) is 6.62. The minimum atomic E-state index is -0.268. The fourth-order valence-electron chi connectivity index (χ4n) is 8.77. The van der Waals surface area contributed by atoms with Gasteiger partial charge in [0.05, 0.1) is 17.1 Å². The molecule has 2 fully saturated rings. The minimum absolute atomic E-state index is 0.0357. The van der Waals surface area contributed by atoms with E-state index in [4.69, 9.17) is 4.98 Å². The molecule has 0 unspecified atom stereocenters. The molecule has 9 heteroatoms. The molecule has 0 spiro atoms. The predicted octanol–water partition coefficient (Wildman–Crippen LogP) is 6.80. The van der Waals surface area contributed by atoms with Gasteiger partial charge in [-0.05, 0) is 131 Å². The third-order valence-corrected chi connectivity index (χ3v) is 11.8. The number of aromatic nitrogens is 2. The molecule has 1 aliphatic carbocycles. The normalized spacial score (nSPS) is 19.8. The number of benzene rings is 3. The maximum Gasteiger partial charge on any atom is 0.322 e. The smallest absolute Gasteiger partial charge is 0.322 e. The van der Waals surface area contributed by atoms with Gasteiger partial charge in [-0.1, -0.05) is 48.5 Å². The van der Waals surface area contributed by atoms with Crippen molar-refractivity contribution in [1.29, 1.82) is 0 Å². The van der Waals surface area contributed by atoms with Crippen LogP contribution < -0.4 is 10.6 Å². The molecule has 50 heavy (non-hydrogen) atoms. The Hall–Kier alpha value is -4.37. The standard InChI is InChI=1S/C41H51N7O2/c1-45-21-16-29(17-22-45)28-48-38-13-7-6-12-36(38)42-39(48)37(27-30-14-15-31-8-2-3-10-33(31)26-30)44-40(49)46-23-19-34(20-24-46)47-25-18-32-9-4-5-11-35(32)43-41(47)50/h4-7,9,11-15,26,29,34,37H,2-3,8,10,16-25,27-28H2,1H3,(H,43,50)(H,44,49)/t37-/m1/s1. The lowest BCUT2D eigenvalue weighted by atomic mass is 9.89. The van der Waals surface area contributed by atoms with E-state index in [2.05, 4.69) is 75.7 Å². The van der Waals surface area contributed by atoms with Gasteiger partial charge >= 0.3 is 12.1 Å². The summed E-state index contributed by atoms with van der Waals surface area (Å²) in [6.07, 6.45) is 10.2. The highest BCUT2D eigenvalue weighted by atomic mass is 16.2. The van der Waals surface area contributed by atoms with Crippen molar-refractivity contribution in [2.24, 2.45) is 5.92 Å². The number of aryl methyl sites for hydroxylation is 2. The van der Waals surface area contributed by atoms with E-state index < -0.39 is 0 Å². The molecule has 2 N–H and O–H groups in total. The zero-order valence-electron chi connectivity index (χ0n) is 29.4. The fourth-order valence-corrected chi connectivity index (χ4v) is 8.77. The summed E-state index contributed by atoms with van der Waals surface area (Å²) in [5.74, 6) is 1.53.